The summed E-state index contributed by atoms with van der Waals surface area (Å²) in [5.74, 6) is -0.680. The average Bonchev–Trinajstić information content (AvgIpc) is 3.04. The third-order valence-electron chi connectivity index (χ3n) is 6.53. The smallest absolute Gasteiger partial charge is 0.329 e. The van der Waals surface area contributed by atoms with Gasteiger partial charge in [0.2, 0.25) is 11.8 Å². The minimum Gasteiger partial charge on any atom is -0.356 e. The predicted octanol–water partition coefficient (Wildman–Crippen LogP) is 0.789. The van der Waals surface area contributed by atoms with Crippen molar-refractivity contribution in [3.63, 3.8) is 0 Å². The maximum atomic E-state index is 13.1. The lowest BCUT2D eigenvalue weighted by molar-refractivity contribution is -0.145. The molecule has 2 aliphatic rings. The Morgan fingerprint density at radius 3 is 2.38 bits per heavy atom. The minimum absolute atomic E-state index is 0.0991. The van der Waals surface area contributed by atoms with Gasteiger partial charge in [-0.3, -0.25) is 28.8 Å². The molecule has 2 saturated heterocycles. The number of rotatable bonds is 5. The average molecular weight is 444 g/mol. The van der Waals surface area contributed by atoms with Crippen molar-refractivity contribution in [3.05, 3.63) is 34.2 Å². The fourth-order valence-electron chi connectivity index (χ4n) is 4.76. The molecule has 10 heteroatoms. The molecule has 1 atom stereocenters. The standard InChI is InChI=1S/C22H28N4O6/c1-24-17-12-14(20(29)25-10-8-13(9-11-25)21(31-2)32-3)4-5-15(17)26(22(24)30)16-6-7-18(27)23-19(16)28/h4-5,12-13,16,21H,6-11H2,1-3H3,(H,23,27,28). The van der Waals surface area contributed by atoms with Gasteiger partial charge in [-0.1, -0.05) is 0 Å². The predicted molar refractivity (Wildman–Crippen MR) is 115 cm³/mol. The molecule has 0 bridgehead atoms. The second-order valence-corrected chi connectivity index (χ2v) is 8.35. The van der Waals surface area contributed by atoms with Crippen LogP contribution in [0.25, 0.3) is 11.0 Å². The van der Waals surface area contributed by atoms with Gasteiger partial charge in [-0.2, -0.15) is 0 Å². The number of hydrogen-bond acceptors (Lipinski definition) is 6. The van der Waals surface area contributed by atoms with Crippen molar-refractivity contribution in [1.82, 2.24) is 19.4 Å². The van der Waals surface area contributed by atoms with Crippen LogP contribution in [0.3, 0.4) is 0 Å². The maximum absolute atomic E-state index is 13.1. The lowest BCUT2D eigenvalue weighted by Gasteiger charge is -2.34. The third kappa shape index (κ3) is 3.84. The number of carbonyl (C=O) groups excluding carboxylic acids is 3. The van der Waals surface area contributed by atoms with E-state index in [1.807, 2.05) is 0 Å². The van der Waals surface area contributed by atoms with Gasteiger partial charge in [0.15, 0.2) is 6.29 Å². The van der Waals surface area contributed by atoms with Crippen molar-refractivity contribution in [1.29, 1.82) is 0 Å². The number of aromatic nitrogens is 2. The SMILES string of the molecule is COC(OC)C1CCN(C(=O)c2ccc3c(c2)n(C)c(=O)n3C2CCC(=O)NC2=O)CC1. The van der Waals surface area contributed by atoms with Gasteiger partial charge in [0, 0.05) is 52.3 Å². The van der Waals surface area contributed by atoms with Crippen molar-refractivity contribution in [2.75, 3.05) is 27.3 Å². The molecule has 0 spiro atoms. The highest BCUT2D eigenvalue weighted by molar-refractivity contribution is 6.01. The minimum atomic E-state index is -0.751. The van der Waals surface area contributed by atoms with Crippen LogP contribution in [0.15, 0.2) is 23.0 Å². The molecule has 10 nitrogen and oxygen atoms in total. The number of piperidine rings is 2. The molecule has 1 unspecified atom stereocenters. The number of nitrogens with one attached hydrogen (secondary N) is 1. The van der Waals surface area contributed by atoms with Crippen LogP contribution >= 0.6 is 0 Å². The Morgan fingerprint density at radius 1 is 1.06 bits per heavy atom. The summed E-state index contributed by atoms with van der Waals surface area (Å²) in [7, 11) is 4.85. The van der Waals surface area contributed by atoms with Gasteiger partial charge in [0.1, 0.15) is 6.04 Å². The molecule has 2 aromatic rings. The van der Waals surface area contributed by atoms with E-state index in [9.17, 15) is 19.2 Å². The molecule has 1 aromatic carbocycles. The number of ether oxygens (including phenoxy) is 2. The van der Waals surface area contributed by atoms with Gasteiger partial charge in [0.05, 0.1) is 11.0 Å². The molecular formula is C22H28N4O6. The second-order valence-electron chi connectivity index (χ2n) is 8.35. The zero-order chi connectivity index (χ0) is 23.0. The van der Waals surface area contributed by atoms with Crippen LogP contribution in [-0.2, 0) is 26.1 Å². The Balaban J connectivity index is 1.58. The zero-order valence-electron chi connectivity index (χ0n) is 18.5. The first-order valence-electron chi connectivity index (χ1n) is 10.7. The molecule has 1 N–H and O–H groups in total. The van der Waals surface area contributed by atoms with E-state index < -0.39 is 11.9 Å². The lowest BCUT2D eigenvalue weighted by Crippen LogP contribution is -2.44. The fraction of sp³-hybridized carbons (Fsp3) is 0.545. The van der Waals surface area contributed by atoms with Crippen LogP contribution in [0, 0.1) is 5.92 Å². The van der Waals surface area contributed by atoms with Gasteiger partial charge < -0.3 is 14.4 Å². The third-order valence-corrected chi connectivity index (χ3v) is 6.53. The summed E-state index contributed by atoms with van der Waals surface area (Å²) in [6.07, 6.45) is 1.74. The number of methoxy groups -OCH3 is 2. The molecule has 172 valence electrons. The molecule has 0 radical (unpaired) electrons. The van der Waals surface area contributed by atoms with E-state index in [4.69, 9.17) is 9.47 Å². The van der Waals surface area contributed by atoms with Crippen molar-refractivity contribution in [2.45, 2.75) is 38.0 Å². The number of fused-ring (bicyclic) bond motifs is 1. The van der Waals surface area contributed by atoms with Gasteiger partial charge in [-0.25, -0.2) is 4.79 Å². The van der Waals surface area contributed by atoms with E-state index in [0.29, 0.717) is 29.7 Å². The summed E-state index contributed by atoms with van der Waals surface area (Å²) in [6, 6.07) is 4.33. The summed E-state index contributed by atoms with van der Waals surface area (Å²) in [5, 5.41) is 2.30. The second kappa shape index (κ2) is 8.87. The van der Waals surface area contributed by atoms with Crippen molar-refractivity contribution in [2.24, 2.45) is 13.0 Å². The number of carbonyl (C=O) groups is 3. The number of nitrogens with zero attached hydrogens (tertiary/aromatic N) is 3. The van der Waals surface area contributed by atoms with Gasteiger partial charge >= 0.3 is 5.69 Å². The summed E-state index contributed by atoms with van der Waals surface area (Å²) < 4.78 is 13.5. The molecule has 0 aliphatic carbocycles. The summed E-state index contributed by atoms with van der Waals surface area (Å²) in [5.41, 5.74) is 1.26. The van der Waals surface area contributed by atoms with Crippen LogP contribution < -0.4 is 11.0 Å². The number of benzene rings is 1. The van der Waals surface area contributed by atoms with Gasteiger partial charge in [0.25, 0.3) is 5.91 Å². The fourth-order valence-corrected chi connectivity index (χ4v) is 4.76. The van der Waals surface area contributed by atoms with Crippen LogP contribution in [0.1, 0.15) is 42.1 Å². The largest absolute Gasteiger partial charge is 0.356 e. The molecule has 2 fully saturated rings. The first kappa shape index (κ1) is 22.2. The molecule has 1 aromatic heterocycles. The monoisotopic (exact) mass is 444 g/mol. The van der Waals surface area contributed by atoms with Gasteiger partial charge in [-0.05, 0) is 37.5 Å². The van der Waals surface area contributed by atoms with E-state index >= 15 is 0 Å². The molecule has 0 saturated carbocycles. The Labute approximate surface area is 185 Å². The van der Waals surface area contributed by atoms with Crippen LogP contribution in [-0.4, -0.2) is 65.4 Å². The van der Waals surface area contributed by atoms with Crippen molar-refractivity contribution < 1.29 is 23.9 Å². The topological polar surface area (TPSA) is 112 Å². The van der Waals surface area contributed by atoms with Crippen LogP contribution in [0.4, 0.5) is 0 Å². The first-order valence-corrected chi connectivity index (χ1v) is 10.7. The van der Waals surface area contributed by atoms with E-state index in [1.54, 1.807) is 44.4 Å². The molecule has 32 heavy (non-hydrogen) atoms. The zero-order valence-corrected chi connectivity index (χ0v) is 18.5. The summed E-state index contributed by atoms with van der Waals surface area (Å²) in [6.45, 7) is 1.20. The highest BCUT2D eigenvalue weighted by Crippen LogP contribution is 2.26. The van der Waals surface area contributed by atoms with Crippen LogP contribution in [0.5, 0.6) is 0 Å². The number of amides is 3. The molecule has 2 aliphatic heterocycles. The quantitative estimate of drug-likeness (QED) is 0.539. The van der Waals surface area contributed by atoms with E-state index in [2.05, 4.69) is 5.32 Å². The number of imide groups is 1. The van der Waals surface area contributed by atoms with E-state index in [0.717, 1.165) is 12.8 Å². The first-order chi connectivity index (χ1) is 15.3. The Hall–Kier alpha value is -2.98. The van der Waals surface area contributed by atoms with Gasteiger partial charge in [-0.15, -0.1) is 0 Å². The Kier molecular flexibility index (Phi) is 6.16. The molecule has 4 rings (SSSR count). The van der Waals surface area contributed by atoms with Crippen molar-refractivity contribution >= 4 is 28.8 Å². The number of aryl methyl sites for hydroxylation is 1. The number of hydrogen-bond donors (Lipinski definition) is 1. The Bertz CT molecular complexity index is 1110. The van der Waals surface area contributed by atoms with E-state index in [-0.39, 0.29) is 42.6 Å². The highest BCUT2D eigenvalue weighted by atomic mass is 16.7. The number of imidazole rings is 1. The highest BCUT2D eigenvalue weighted by Gasteiger charge is 2.32. The maximum Gasteiger partial charge on any atom is 0.329 e. The van der Waals surface area contributed by atoms with Crippen molar-refractivity contribution in [3.8, 4) is 0 Å². The molecular weight excluding hydrogens is 416 g/mol. The van der Waals surface area contributed by atoms with Crippen LogP contribution in [0.2, 0.25) is 0 Å². The lowest BCUT2D eigenvalue weighted by atomic mass is 9.95. The summed E-state index contributed by atoms with van der Waals surface area (Å²) >= 11 is 0. The summed E-state index contributed by atoms with van der Waals surface area (Å²) in [4.78, 5) is 51.6. The number of likely N-dealkylation sites (tertiary alicyclic amines) is 1. The Morgan fingerprint density at radius 2 is 1.75 bits per heavy atom. The molecule has 3 heterocycles. The van der Waals surface area contributed by atoms with E-state index in [1.165, 1.54) is 9.13 Å². The normalized spacial score (nSPS) is 20.2. The molecule has 3 amide bonds.